The van der Waals surface area contributed by atoms with E-state index in [0.717, 1.165) is 0 Å². The Bertz CT molecular complexity index is 787. The first-order chi connectivity index (χ1) is 12.4. The zero-order valence-corrected chi connectivity index (χ0v) is 15.5. The number of rotatable bonds is 7. The normalized spacial score (nSPS) is 10.8. The highest BCUT2D eigenvalue weighted by Gasteiger charge is 2.36. The molecule has 6 nitrogen and oxygen atoms in total. The fourth-order valence-corrected chi connectivity index (χ4v) is 2.22. The van der Waals surface area contributed by atoms with Crippen molar-refractivity contribution < 1.29 is 19.1 Å². The lowest BCUT2D eigenvalue weighted by atomic mass is 9.90. The van der Waals surface area contributed by atoms with Crippen LogP contribution in [0.5, 0.6) is 11.5 Å². The zero-order valence-electron chi connectivity index (χ0n) is 15.5. The summed E-state index contributed by atoms with van der Waals surface area (Å²) >= 11 is 0. The van der Waals surface area contributed by atoms with Crippen LogP contribution in [0.1, 0.15) is 20.8 Å². The third-order valence-electron chi connectivity index (χ3n) is 3.90. The van der Waals surface area contributed by atoms with Crippen molar-refractivity contribution in [2.24, 2.45) is 5.41 Å². The van der Waals surface area contributed by atoms with Crippen LogP contribution in [0.3, 0.4) is 0 Å². The van der Waals surface area contributed by atoms with Gasteiger partial charge in [-0.15, -0.1) is 0 Å². The van der Waals surface area contributed by atoms with E-state index in [0.29, 0.717) is 29.5 Å². The van der Waals surface area contributed by atoms with E-state index in [4.69, 9.17) is 9.47 Å². The Labute approximate surface area is 153 Å². The molecule has 0 fully saturated rings. The summed E-state index contributed by atoms with van der Waals surface area (Å²) in [7, 11) is 1.55. The fourth-order valence-electron chi connectivity index (χ4n) is 2.22. The molecule has 0 radical (unpaired) electrons. The number of amides is 2. The first-order valence-corrected chi connectivity index (χ1v) is 8.37. The quantitative estimate of drug-likeness (QED) is 0.742. The lowest BCUT2D eigenvalue weighted by Crippen LogP contribution is -2.41. The second kappa shape index (κ2) is 8.38. The maximum Gasteiger partial charge on any atom is 0.239 e. The Balaban J connectivity index is 2.12. The molecule has 0 saturated heterocycles. The van der Waals surface area contributed by atoms with E-state index in [1.54, 1.807) is 63.4 Å². The molecule has 0 aliphatic heterocycles. The van der Waals surface area contributed by atoms with Crippen LogP contribution < -0.4 is 20.1 Å². The van der Waals surface area contributed by atoms with Gasteiger partial charge in [0.05, 0.1) is 19.4 Å². The molecule has 0 atom stereocenters. The molecular weight excluding hydrogens is 332 g/mol. The molecule has 0 unspecified atom stereocenters. The van der Waals surface area contributed by atoms with Gasteiger partial charge in [0, 0.05) is 11.8 Å². The molecule has 138 valence electrons. The van der Waals surface area contributed by atoms with E-state index in [1.165, 1.54) is 0 Å². The van der Waals surface area contributed by atoms with Crippen LogP contribution in [-0.2, 0) is 9.59 Å². The molecule has 0 spiro atoms. The number of carbonyl (C=O) groups is 2. The number of carbonyl (C=O) groups excluding carboxylic acids is 2. The van der Waals surface area contributed by atoms with Crippen LogP contribution in [0.2, 0.25) is 0 Å². The lowest BCUT2D eigenvalue weighted by molar-refractivity contribution is -0.135. The van der Waals surface area contributed by atoms with E-state index in [-0.39, 0.29) is 0 Å². The van der Waals surface area contributed by atoms with E-state index in [1.807, 2.05) is 13.0 Å². The number of ether oxygens (including phenoxy) is 2. The van der Waals surface area contributed by atoms with E-state index in [9.17, 15) is 9.59 Å². The van der Waals surface area contributed by atoms with Crippen molar-refractivity contribution in [3.05, 3.63) is 48.5 Å². The predicted octanol–water partition coefficient (Wildman–Crippen LogP) is 3.70. The highest BCUT2D eigenvalue weighted by molar-refractivity contribution is 6.14. The Hall–Kier alpha value is -3.02. The fraction of sp³-hybridized carbons (Fsp3) is 0.300. The van der Waals surface area contributed by atoms with Gasteiger partial charge in [-0.25, -0.2) is 0 Å². The first kappa shape index (κ1) is 19.3. The zero-order chi connectivity index (χ0) is 19.2. The molecule has 0 aliphatic rings. The van der Waals surface area contributed by atoms with Crippen molar-refractivity contribution in [2.45, 2.75) is 20.8 Å². The van der Waals surface area contributed by atoms with Gasteiger partial charge < -0.3 is 20.1 Å². The van der Waals surface area contributed by atoms with Gasteiger partial charge in [0.1, 0.15) is 16.9 Å². The molecule has 0 saturated carbocycles. The molecule has 6 heteroatoms. The molecule has 2 aromatic carbocycles. The van der Waals surface area contributed by atoms with Crippen molar-refractivity contribution in [3.8, 4) is 11.5 Å². The topological polar surface area (TPSA) is 76.7 Å². The summed E-state index contributed by atoms with van der Waals surface area (Å²) in [4.78, 5) is 25.3. The number of nitrogens with one attached hydrogen (secondary N) is 2. The number of para-hydroxylation sites is 2. The van der Waals surface area contributed by atoms with Crippen molar-refractivity contribution in [2.75, 3.05) is 24.4 Å². The number of methoxy groups -OCH3 is 1. The second-order valence-corrected chi connectivity index (χ2v) is 6.19. The minimum absolute atomic E-state index is 0.419. The molecule has 2 N–H and O–H groups in total. The maximum atomic E-state index is 12.7. The smallest absolute Gasteiger partial charge is 0.239 e. The number of anilines is 2. The largest absolute Gasteiger partial charge is 0.497 e. The Morgan fingerprint density at radius 3 is 2.38 bits per heavy atom. The molecular formula is C20H24N2O4. The average molecular weight is 356 g/mol. The van der Waals surface area contributed by atoms with Crippen LogP contribution in [0, 0.1) is 5.41 Å². The van der Waals surface area contributed by atoms with Gasteiger partial charge in [-0.2, -0.15) is 0 Å². The molecule has 2 aromatic rings. The van der Waals surface area contributed by atoms with Crippen molar-refractivity contribution in [1.82, 2.24) is 0 Å². The monoisotopic (exact) mass is 356 g/mol. The van der Waals surface area contributed by atoms with Gasteiger partial charge in [-0.1, -0.05) is 18.2 Å². The second-order valence-electron chi connectivity index (χ2n) is 6.19. The first-order valence-electron chi connectivity index (χ1n) is 8.37. The van der Waals surface area contributed by atoms with Gasteiger partial charge >= 0.3 is 0 Å². The van der Waals surface area contributed by atoms with Crippen LogP contribution in [0.25, 0.3) is 0 Å². The van der Waals surface area contributed by atoms with E-state index in [2.05, 4.69) is 10.6 Å². The Kier molecular flexibility index (Phi) is 6.22. The molecule has 2 rings (SSSR count). The Morgan fingerprint density at radius 2 is 1.69 bits per heavy atom. The summed E-state index contributed by atoms with van der Waals surface area (Å²) in [6.45, 7) is 5.49. The van der Waals surface area contributed by atoms with E-state index >= 15 is 0 Å². The molecule has 0 bridgehead atoms. The summed E-state index contributed by atoms with van der Waals surface area (Å²) in [5.41, 5.74) is -0.200. The van der Waals surface area contributed by atoms with Crippen molar-refractivity contribution in [1.29, 1.82) is 0 Å². The highest BCUT2D eigenvalue weighted by Crippen LogP contribution is 2.27. The third-order valence-corrected chi connectivity index (χ3v) is 3.90. The van der Waals surface area contributed by atoms with Crippen LogP contribution in [0.15, 0.2) is 48.5 Å². The van der Waals surface area contributed by atoms with Gasteiger partial charge in [-0.05, 0) is 45.0 Å². The molecule has 0 heterocycles. The summed E-state index contributed by atoms with van der Waals surface area (Å²) in [5.74, 6) is 0.338. The van der Waals surface area contributed by atoms with Gasteiger partial charge in [0.2, 0.25) is 11.8 Å². The predicted molar refractivity (Wildman–Crippen MR) is 102 cm³/mol. The van der Waals surface area contributed by atoms with Crippen LogP contribution in [-0.4, -0.2) is 25.5 Å². The van der Waals surface area contributed by atoms with Crippen LogP contribution in [0.4, 0.5) is 11.4 Å². The van der Waals surface area contributed by atoms with Crippen LogP contribution >= 0.6 is 0 Å². The minimum atomic E-state index is -1.29. The number of hydrogen-bond acceptors (Lipinski definition) is 4. The standard InChI is InChI=1S/C20H24N2O4/c1-5-26-17-12-7-6-11-16(17)22-19(24)20(2,3)18(23)21-14-9-8-10-15(13-14)25-4/h6-13H,5H2,1-4H3,(H,21,23)(H,22,24). The molecule has 2 amide bonds. The highest BCUT2D eigenvalue weighted by atomic mass is 16.5. The summed E-state index contributed by atoms with van der Waals surface area (Å²) in [6, 6.07) is 14.1. The SMILES string of the molecule is CCOc1ccccc1NC(=O)C(C)(C)C(=O)Nc1cccc(OC)c1. The molecule has 0 aromatic heterocycles. The summed E-state index contributed by atoms with van der Waals surface area (Å²) < 4.78 is 10.6. The molecule has 0 aliphatic carbocycles. The third kappa shape index (κ3) is 4.53. The maximum absolute atomic E-state index is 12.7. The number of hydrogen-bond donors (Lipinski definition) is 2. The average Bonchev–Trinajstić information content (AvgIpc) is 2.63. The van der Waals surface area contributed by atoms with Gasteiger partial charge in [0.15, 0.2) is 0 Å². The van der Waals surface area contributed by atoms with E-state index < -0.39 is 17.2 Å². The van der Waals surface area contributed by atoms with Crippen molar-refractivity contribution in [3.63, 3.8) is 0 Å². The molecule has 26 heavy (non-hydrogen) atoms. The minimum Gasteiger partial charge on any atom is -0.497 e. The van der Waals surface area contributed by atoms with Gasteiger partial charge in [-0.3, -0.25) is 9.59 Å². The van der Waals surface area contributed by atoms with Gasteiger partial charge in [0.25, 0.3) is 0 Å². The summed E-state index contributed by atoms with van der Waals surface area (Å²) in [5, 5.41) is 5.53. The summed E-state index contributed by atoms with van der Waals surface area (Å²) in [6.07, 6.45) is 0. The number of benzene rings is 2. The lowest BCUT2D eigenvalue weighted by Gasteiger charge is -2.23. The Morgan fingerprint density at radius 1 is 1.00 bits per heavy atom. The van der Waals surface area contributed by atoms with Crippen molar-refractivity contribution >= 4 is 23.2 Å².